The number of carbonyl (C=O) groups excluding carboxylic acids is 1. The maximum Gasteiger partial charge on any atom is 0.254 e. The van der Waals surface area contributed by atoms with Crippen molar-refractivity contribution < 1.29 is 9.53 Å². The van der Waals surface area contributed by atoms with E-state index in [4.69, 9.17) is 10.5 Å². The molecule has 1 aromatic heterocycles. The lowest BCUT2D eigenvalue weighted by Gasteiger charge is -2.32. The summed E-state index contributed by atoms with van der Waals surface area (Å²) in [6.07, 6.45) is 1.62. The summed E-state index contributed by atoms with van der Waals surface area (Å²) in [5.41, 5.74) is 8.00. The first kappa shape index (κ1) is 19.7. The number of rotatable bonds is 2. The minimum absolute atomic E-state index is 0. The lowest BCUT2D eigenvalue weighted by molar-refractivity contribution is -0.0229. The molecule has 2 N–H and O–H groups in total. The van der Waals surface area contributed by atoms with E-state index in [-0.39, 0.29) is 36.8 Å². The predicted octanol–water partition coefficient (Wildman–Crippen LogP) is 3.09. The zero-order valence-electron chi connectivity index (χ0n) is 12.6. The molecule has 126 valence electrons. The first-order chi connectivity index (χ1) is 10.1. The number of thiazole rings is 1. The first-order valence-corrected chi connectivity index (χ1v) is 7.69. The average molecular weight is 376 g/mol. The number of aromatic nitrogens is 1. The Balaban J connectivity index is 0.00000132. The lowest BCUT2D eigenvalue weighted by atomic mass is 10.1. The summed E-state index contributed by atoms with van der Waals surface area (Å²) in [4.78, 5) is 18.8. The molecule has 0 bridgehead atoms. The van der Waals surface area contributed by atoms with Gasteiger partial charge in [0, 0.05) is 29.4 Å². The Morgan fingerprint density at radius 3 is 2.91 bits per heavy atom. The van der Waals surface area contributed by atoms with Crippen molar-refractivity contribution >= 4 is 47.7 Å². The molecule has 23 heavy (non-hydrogen) atoms. The Bertz CT molecular complexity index is 652. The topological polar surface area (TPSA) is 68.5 Å². The molecule has 0 aliphatic carbocycles. The SMILES string of the molecule is Cc1ccc(N)cc1C(=O)N1CCOC(c2nccs2)C1.Cl.Cl. The number of nitrogens with zero attached hydrogens (tertiary/aromatic N) is 2. The van der Waals surface area contributed by atoms with Gasteiger partial charge in [-0.15, -0.1) is 36.2 Å². The molecule has 0 spiro atoms. The van der Waals surface area contributed by atoms with E-state index in [2.05, 4.69) is 4.98 Å². The largest absolute Gasteiger partial charge is 0.399 e. The van der Waals surface area contributed by atoms with Crippen LogP contribution < -0.4 is 5.73 Å². The van der Waals surface area contributed by atoms with Crippen LogP contribution in [0.15, 0.2) is 29.8 Å². The predicted molar refractivity (Wildman–Crippen MR) is 96.8 cm³/mol. The van der Waals surface area contributed by atoms with Crippen LogP contribution in [-0.4, -0.2) is 35.5 Å². The molecule has 1 aliphatic rings. The number of carbonyl (C=O) groups is 1. The van der Waals surface area contributed by atoms with Crippen LogP contribution in [0.3, 0.4) is 0 Å². The van der Waals surface area contributed by atoms with Gasteiger partial charge in [-0.2, -0.15) is 0 Å². The quantitative estimate of drug-likeness (QED) is 0.818. The summed E-state index contributed by atoms with van der Waals surface area (Å²) in [6, 6.07) is 5.43. The number of hydrogen-bond acceptors (Lipinski definition) is 5. The van der Waals surface area contributed by atoms with E-state index in [1.807, 2.05) is 29.3 Å². The van der Waals surface area contributed by atoms with Crippen LogP contribution in [0, 0.1) is 6.92 Å². The maximum atomic E-state index is 12.7. The molecule has 2 heterocycles. The van der Waals surface area contributed by atoms with E-state index >= 15 is 0 Å². The second-order valence-electron chi connectivity index (χ2n) is 5.06. The van der Waals surface area contributed by atoms with E-state index in [0.717, 1.165) is 10.6 Å². The van der Waals surface area contributed by atoms with Gasteiger partial charge in [0.2, 0.25) is 0 Å². The molecule has 8 heteroatoms. The number of amides is 1. The Morgan fingerprint density at radius 2 is 2.22 bits per heavy atom. The molecule has 1 aliphatic heterocycles. The fraction of sp³-hybridized carbons (Fsp3) is 0.333. The summed E-state index contributed by atoms with van der Waals surface area (Å²) in [6.45, 7) is 3.57. The molecule has 1 fully saturated rings. The van der Waals surface area contributed by atoms with Gasteiger partial charge in [-0.3, -0.25) is 4.79 Å². The maximum absolute atomic E-state index is 12.7. The number of nitrogens with two attached hydrogens (primary N) is 1. The van der Waals surface area contributed by atoms with Gasteiger partial charge in [-0.1, -0.05) is 6.07 Å². The van der Waals surface area contributed by atoms with Gasteiger partial charge in [-0.25, -0.2) is 4.98 Å². The molecule has 1 atom stereocenters. The van der Waals surface area contributed by atoms with Crippen LogP contribution in [0.1, 0.15) is 27.0 Å². The average Bonchev–Trinajstić information content (AvgIpc) is 3.03. The summed E-state index contributed by atoms with van der Waals surface area (Å²) < 4.78 is 5.72. The third kappa shape index (κ3) is 4.35. The van der Waals surface area contributed by atoms with Gasteiger partial charge in [-0.05, 0) is 24.6 Å². The molecule has 1 unspecified atom stereocenters. The molecule has 3 rings (SSSR count). The second-order valence-corrected chi connectivity index (χ2v) is 5.98. The minimum Gasteiger partial charge on any atom is -0.399 e. The number of benzene rings is 1. The van der Waals surface area contributed by atoms with E-state index in [9.17, 15) is 4.79 Å². The van der Waals surface area contributed by atoms with Crippen LogP contribution in [0.5, 0.6) is 0 Å². The van der Waals surface area contributed by atoms with Gasteiger partial charge in [0.25, 0.3) is 5.91 Å². The fourth-order valence-corrected chi connectivity index (χ4v) is 3.09. The molecule has 5 nitrogen and oxygen atoms in total. The van der Waals surface area contributed by atoms with Crippen molar-refractivity contribution in [2.75, 3.05) is 25.4 Å². The van der Waals surface area contributed by atoms with E-state index in [1.165, 1.54) is 0 Å². The zero-order chi connectivity index (χ0) is 14.8. The summed E-state index contributed by atoms with van der Waals surface area (Å²) in [5, 5.41) is 2.83. The highest BCUT2D eigenvalue weighted by molar-refractivity contribution is 7.09. The third-order valence-corrected chi connectivity index (χ3v) is 4.44. The Morgan fingerprint density at radius 1 is 1.43 bits per heavy atom. The van der Waals surface area contributed by atoms with Crippen LogP contribution in [-0.2, 0) is 4.74 Å². The van der Waals surface area contributed by atoms with Crippen molar-refractivity contribution in [3.8, 4) is 0 Å². The number of morpholine rings is 1. The number of halogens is 2. The third-order valence-electron chi connectivity index (χ3n) is 3.57. The van der Waals surface area contributed by atoms with Crippen molar-refractivity contribution in [1.29, 1.82) is 0 Å². The molecule has 1 saturated heterocycles. The van der Waals surface area contributed by atoms with E-state index in [1.54, 1.807) is 23.6 Å². The number of nitrogen functional groups attached to an aromatic ring is 1. The Labute approximate surface area is 151 Å². The van der Waals surface area contributed by atoms with E-state index in [0.29, 0.717) is 30.9 Å². The van der Waals surface area contributed by atoms with Crippen molar-refractivity contribution in [3.63, 3.8) is 0 Å². The van der Waals surface area contributed by atoms with Crippen LogP contribution in [0.25, 0.3) is 0 Å². The monoisotopic (exact) mass is 375 g/mol. The molecule has 0 radical (unpaired) electrons. The Hall–Kier alpha value is -1.34. The normalized spacial score (nSPS) is 17.1. The number of anilines is 1. The molecule has 1 amide bonds. The van der Waals surface area contributed by atoms with Crippen molar-refractivity contribution in [2.24, 2.45) is 0 Å². The minimum atomic E-state index is -0.135. The van der Waals surface area contributed by atoms with Crippen molar-refractivity contribution in [1.82, 2.24) is 9.88 Å². The van der Waals surface area contributed by atoms with Gasteiger partial charge in [0.15, 0.2) is 0 Å². The first-order valence-electron chi connectivity index (χ1n) is 6.81. The standard InChI is InChI=1S/C15H17N3O2S.2ClH/c1-10-2-3-11(16)8-12(10)15(19)18-5-6-20-13(9-18)14-17-4-7-21-14;;/h2-4,7-8,13H,5-6,9,16H2,1H3;2*1H. The van der Waals surface area contributed by atoms with Crippen molar-refractivity contribution in [2.45, 2.75) is 13.0 Å². The highest BCUT2D eigenvalue weighted by Gasteiger charge is 2.28. The molecule has 1 aromatic carbocycles. The summed E-state index contributed by atoms with van der Waals surface area (Å²) in [7, 11) is 0. The molecule has 2 aromatic rings. The zero-order valence-corrected chi connectivity index (χ0v) is 15.0. The molecular formula is C15H19Cl2N3O2S. The van der Waals surface area contributed by atoms with Gasteiger partial charge in [0.1, 0.15) is 11.1 Å². The highest BCUT2D eigenvalue weighted by Crippen LogP contribution is 2.25. The number of ether oxygens (including phenoxy) is 1. The lowest BCUT2D eigenvalue weighted by Crippen LogP contribution is -2.42. The van der Waals surface area contributed by atoms with Crippen LogP contribution in [0.2, 0.25) is 0 Å². The molecular weight excluding hydrogens is 357 g/mol. The number of aryl methyl sites for hydroxylation is 1. The van der Waals surface area contributed by atoms with Gasteiger partial charge >= 0.3 is 0 Å². The molecule has 0 saturated carbocycles. The summed E-state index contributed by atoms with van der Waals surface area (Å²) >= 11 is 1.55. The Kier molecular flexibility index (Phi) is 7.28. The van der Waals surface area contributed by atoms with Gasteiger partial charge in [0.05, 0.1) is 13.2 Å². The smallest absolute Gasteiger partial charge is 0.254 e. The second kappa shape index (κ2) is 8.49. The van der Waals surface area contributed by atoms with Crippen molar-refractivity contribution in [3.05, 3.63) is 45.9 Å². The van der Waals surface area contributed by atoms with E-state index < -0.39 is 0 Å². The number of hydrogen-bond donors (Lipinski definition) is 1. The van der Waals surface area contributed by atoms with Gasteiger partial charge < -0.3 is 15.4 Å². The highest BCUT2D eigenvalue weighted by atomic mass is 35.5. The fourth-order valence-electron chi connectivity index (χ4n) is 2.42. The summed E-state index contributed by atoms with van der Waals surface area (Å²) in [5.74, 6) is 0.00431. The van der Waals surface area contributed by atoms with Crippen LogP contribution in [0.4, 0.5) is 5.69 Å². The van der Waals surface area contributed by atoms with Crippen LogP contribution >= 0.6 is 36.2 Å².